The third-order valence-corrected chi connectivity index (χ3v) is 4.17. The Morgan fingerprint density at radius 2 is 2.15 bits per heavy atom. The predicted molar refractivity (Wildman–Crippen MR) is 80.5 cm³/mol. The van der Waals surface area contributed by atoms with Crippen LogP contribution in [-0.4, -0.2) is 40.2 Å². The summed E-state index contributed by atoms with van der Waals surface area (Å²) in [6, 6.07) is 1.98. The molecule has 2 aromatic rings. The second-order valence-corrected chi connectivity index (χ2v) is 6.12. The Bertz CT molecular complexity index is 591. The Balaban J connectivity index is 1.83. The van der Waals surface area contributed by atoms with Crippen LogP contribution in [0.4, 0.5) is 5.82 Å². The lowest BCUT2D eigenvalue weighted by Crippen LogP contribution is -2.45. The SMILES string of the molecule is CC1CN(Cc2nc(NN)c3ccsc3n2)CC(C)O1. The van der Waals surface area contributed by atoms with Crippen LogP contribution >= 0.6 is 11.3 Å². The normalized spacial score (nSPS) is 24.1. The molecule has 1 saturated heterocycles. The monoisotopic (exact) mass is 293 g/mol. The van der Waals surface area contributed by atoms with Gasteiger partial charge in [-0.05, 0) is 25.3 Å². The van der Waals surface area contributed by atoms with E-state index in [0.29, 0.717) is 5.82 Å². The molecule has 2 aromatic heterocycles. The second-order valence-electron chi connectivity index (χ2n) is 5.22. The van der Waals surface area contributed by atoms with E-state index in [4.69, 9.17) is 10.6 Å². The molecule has 0 radical (unpaired) electrons. The van der Waals surface area contributed by atoms with Crippen LogP contribution in [0, 0.1) is 0 Å². The number of thiophene rings is 1. The van der Waals surface area contributed by atoms with Gasteiger partial charge >= 0.3 is 0 Å². The van der Waals surface area contributed by atoms with Gasteiger partial charge in [0.25, 0.3) is 0 Å². The lowest BCUT2D eigenvalue weighted by atomic mass is 10.2. The van der Waals surface area contributed by atoms with Gasteiger partial charge in [-0.15, -0.1) is 11.3 Å². The summed E-state index contributed by atoms with van der Waals surface area (Å²) in [4.78, 5) is 12.4. The minimum absolute atomic E-state index is 0.247. The van der Waals surface area contributed by atoms with Crippen LogP contribution in [0.3, 0.4) is 0 Å². The van der Waals surface area contributed by atoms with E-state index in [0.717, 1.165) is 35.7 Å². The van der Waals surface area contributed by atoms with Crippen molar-refractivity contribution in [3.63, 3.8) is 0 Å². The van der Waals surface area contributed by atoms with Gasteiger partial charge < -0.3 is 10.2 Å². The van der Waals surface area contributed by atoms with Crippen LogP contribution in [0.1, 0.15) is 19.7 Å². The lowest BCUT2D eigenvalue weighted by molar-refractivity contribution is -0.0710. The zero-order valence-electron chi connectivity index (χ0n) is 11.7. The topological polar surface area (TPSA) is 76.3 Å². The van der Waals surface area contributed by atoms with E-state index in [1.165, 1.54) is 0 Å². The molecule has 108 valence electrons. The average Bonchev–Trinajstić information content (AvgIpc) is 2.84. The van der Waals surface area contributed by atoms with Gasteiger partial charge in [-0.25, -0.2) is 15.8 Å². The van der Waals surface area contributed by atoms with Crippen molar-refractivity contribution in [1.29, 1.82) is 0 Å². The van der Waals surface area contributed by atoms with Crippen LogP contribution < -0.4 is 11.3 Å². The van der Waals surface area contributed by atoms with E-state index in [9.17, 15) is 0 Å². The highest BCUT2D eigenvalue weighted by atomic mass is 32.1. The second kappa shape index (κ2) is 5.61. The fourth-order valence-corrected chi connectivity index (χ4v) is 3.48. The van der Waals surface area contributed by atoms with Crippen LogP contribution in [0.5, 0.6) is 0 Å². The third kappa shape index (κ3) is 2.76. The standard InChI is InChI=1S/C13H19N5OS/c1-8-5-18(6-9(2)19-8)7-11-15-12(17-14)10-3-4-20-13(10)16-11/h3-4,8-9H,5-7,14H2,1-2H3,(H,15,16,17). The van der Waals surface area contributed by atoms with Gasteiger partial charge in [0, 0.05) is 13.1 Å². The minimum atomic E-state index is 0.247. The Labute approximate surface area is 121 Å². The molecule has 6 nitrogen and oxygen atoms in total. The van der Waals surface area contributed by atoms with Gasteiger partial charge in [-0.1, -0.05) is 0 Å². The summed E-state index contributed by atoms with van der Waals surface area (Å²) >= 11 is 1.60. The number of anilines is 1. The van der Waals surface area contributed by atoms with Crippen molar-refractivity contribution >= 4 is 27.4 Å². The number of aromatic nitrogens is 2. The van der Waals surface area contributed by atoms with Gasteiger partial charge in [0.15, 0.2) is 5.82 Å². The zero-order chi connectivity index (χ0) is 14.1. The molecular formula is C13H19N5OS. The first-order chi connectivity index (χ1) is 9.65. The molecule has 0 aromatic carbocycles. The summed E-state index contributed by atoms with van der Waals surface area (Å²) in [5, 5.41) is 2.98. The Morgan fingerprint density at radius 3 is 2.85 bits per heavy atom. The van der Waals surface area contributed by atoms with Crippen molar-refractivity contribution in [3.8, 4) is 0 Å². The molecule has 0 spiro atoms. The molecule has 3 heterocycles. The molecule has 0 bridgehead atoms. The maximum Gasteiger partial charge on any atom is 0.152 e. The van der Waals surface area contributed by atoms with E-state index in [1.54, 1.807) is 11.3 Å². The average molecular weight is 293 g/mol. The first-order valence-electron chi connectivity index (χ1n) is 6.74. The number of nitrogens with zero attached hydrogens (tertiary/aromatic N) is 3. The first kappa shape index (κ1) is 13.7. The molecule has 20 heavy (non-hydrogen) atoms. The molecule has 1 aliphatic rings. The minimum Gasteiger partial charge on any atom is -0.373 e. The van der Waals surface area contributed by atoms with E-state index in [1.807, 2.05) is 11.4 Å². The smallest absolute Gasteiger partial charge is 0.152 e. The van der Waals surface area contributed by atoms with Crippen molar-refractivity contribution in [2.75, 3.05) is 18.5 Å². The fraction of sp³-hybridized carbons (Fsp3) is 0.538. The number of nitrogens with two attached hydrogens (primary N) is 1. The number of nitrogens with one attached hydrogen (secondary N) is 1. The number of nitrogen functional groups attached to an aromatic ring is 1. The molecule has 1 fully saturated rings. The molecule has 3 rings (SSSR count). The molecule has 2 unspecified atom stereocenters. The van der Waals surface area contributed by atoms with E-state index in [-0.39, 0.29) is 12.2 Å². The van der Waals surface area contributed by atoms with Crippen molar-refractivity contribution < 1.29 is 4.74 Å². The van der Waals surface area contributed by atoms with Crippen LogP contribution in [0.15, 0.2) is 11.4 Å². The van der Waals surface area contributed by atoms with Gasteiger partial charge in [0.1, 0.15) is 10.7 Å². The zero-order valence-corrected chi connectivity index (χ0v) is 12.5. The summed E-state index contributed by atoms with van der Waals surface area (Å²) in [5.74, 6) is 7.05. The first-order valence-corrected chi connectivity index (χ1v) is 7.62. The molecule has 0 saturated carbocycles. The third-order valence-electron chi connectivity index (χ3n) is 3.37. The maximum atomic E-state index is 5.74. The van der Waals surface area contributed by atoms with Gasteiger partial charge in [-0.3, -0.25) is 4.90 Å². The predicted octanol–water partition coefficient (Wildman–Crippen LogP) is 1.59. The van der Waals surface area contributed by atoms with Crippen LogP contribution in [-0.2, 0) is 11.3 Å². The maximum absolute atomic E-state index is 5.74. The van der Waals surface area contributed by atoms with E-state index in [2.05, 4.69) is 34.1 Å². The van der Waals surface area contributed by atoms with Crippen molar-refractivity contribution in [1.82, 2.24) is 14.9 Å². The summed E-state index contributed by atoms with van der Waals surface area (Å²) in [7, 11) is 0. The van der Waals surface area contributed by atoms with Gasteiger partial charge in [-0.2, -0.15) is 0 Å². The number of morpholine rings is 1. The molecule has 7 heteroatoms. The Hall–Kier alpha value is -1.28. The summed E-state index contributed by atoms with van der Waals surface area (Å²) in [5.41, 5.74) is 2.66. The quantitative estimate of drug-likeness (QED) is 0.661. The highest BCUT2D eigenvalue weighted by molar-refractivity contribution is 7.16. The number of hydrazine groups is 1. The van der Waals surface area contributed by atoms with Crippen molar-refractivity contribution in [2.45, 2.75) is 32.6 Å². The molecule has 1 aliphatic heterocycles. The fourth-order valence-electron chi connectivity index (χ4n) is 2.69. The molecule has 0 amide bonds. The van der Waals surface area contributed by atoms with E-state index < -0.39 is 0 Å². The number of fused-ring (bicyclic) bond motifs is 1. The van der Waals surface area contributed by atoms with Crippen LogP contribution in [0.2, 0.25) is 0 Å². The van der Waals surface area contributed by atoms with Crippen LogP contribution in [0.25, 0.3) is 10.2 Å². The van der Waals surface area contributed by atoms with E-state index >= 15 is 0 Å². The molecular weight excluding hydrogens is 274 g/mol. The number of hydrogen-bond acceptors (Lipinski definition) is 7. The Morgan fingerprint density at radius 1 is 1.40 bits per heavy atom. The molecule has 0 aliphatic carbocycles. The number of ether oxygens (including phenoxy) is 1. The van der Waals surface area contributed by atoms with Crippen molar-refractivity contribution in [2.24, 2.45) is 5.84 Å². The number of rotatable bonds is 3. The Kier molecular flexibility index (Phi) is 3.84. The largest absolute Gasteiger partial charge is 0.373 e. The lowest BCUT2D eigenvalue weighted by Gasteiger charge is -2.34. The van der Waals surface area contributed by atoms with Crippen molar-refractivity contribution in [3.05, 3.63) is 17.3 Å². The van der Waals surface area contributed by atoms with Gasteiger partial charge in [0.05, 0.1) is 24.1 Å². The number of hydrogen-bond donors (Lipinski definition) is 2. The molecule has 2 atom stereocenters. The highest BCUT2D eigenvalue weighted by Crippen LogP contribution is 2.25. The van der Waals surface area contributed by atoms with Gasteiger partial charge in [0.2, 0.25) is 0 Å². The highest BCUT2D eigenvalue weighted by Gasteiger charge is 2.23. The summed E-state index contributed by atoms with van der Waals surface area (Å²) in [6.07, 6.45) is 0.493. The molecule has 3 N–H and O–H groups in total. The summed E-state index contributed by atoms with van der Waals surface area (Å²) < 4.78 is 5.74. The summed E-state index contributed by atoms with van der Waals surface area (Å²) in [6.45, 7) is 6.72.